The zero-order valence-electron chi connectivity index (χ0n) is 11.0. The summed E-state index contributed by atoms with van der Waals surface area (Å²) in [6.07, 6.45) is 0.505. The largest absolute Gasteiger partial charge is 0.339 e. The number of benzene rings is 1. The predicted molar refractivity (Wildman–Crippen MR) is 75.4 cm³/mol. The third-order valence-electron chi connectivity index (χ3n) is 2.92. The van der Waals surface area contributed by atoms with Gasteiger partial charge in [-0.05, 0) is 37.1 Å². The Bertz CT molecular complexity index is 395. The van der Waals surface area contributed by atoms with Crippen LogP contribution in [0, 0.1) is 5.92 Å². The van der Waals surface area contributed by atoms with Gasteiger partial charge in [0, 0.05) is 24.5 Å². The molecule has 100 valence electrons. The maximum absolute atomic E-state index is 12.1. The van der Waals surface area contributed by atoms with Crippen molar-refractivity contribution in [2.75, 3.05) is 13.1 Å². The summed E-state index contributed by atoms with van der Waals surface area (Å²) in [5.41, 5.74) is 6.60. The predicted octanol–water partition coefficient (Wildman–Crippen LogP) is 2.67. The van der Waals surface area contributed by atoms with Gasteiger partial charge in [0.05, 0.1) is 0 Å². The van der Waals surface area contributed by atoms with Gasteiger partial charge in [-0.1, -0.05) is 30.7 Å². The number of amides is 1. The monoisotopic (exact) mass is 268 g/mol. The van der Waals surface area contributed by atoms with E-state index in [4.69, 9.17) is 17.3 Å². The number of hydrogen-bond donors (Lipinski definition) is 1. The minimum absolute atomic E-state index is 0.149. The van der Waals surface area contributed by atoms with Crippen LogP contribution in [-0.2, 0) is 11.3 Å². The van der Waals surface area contributed by atoms with E-state index < -0.39 is 0 Å². The highest BCUT2D eigenvalue weighted by atomic mass is 35.5. The molecule has 1 rings (SSSR count). The van der Waals surface area contributed by atoms with Crippen LogP contribution in [0.25, 0.3) is 0 Å². The Kier molecular flexibility index (Phi) is 6.16. The maximum Gasteiger partial charge on any atom is 0.223 e. The topological polar surface area (TPSA) is 46.3 Å². The first-order valence-electron chi connectivity index (χ1n) is 6.29. The minimum Gasteiger partial charge on any atom is -0.339 e. The average Bonchev–Trinajstić information content (AvgIpc) is 2.35. The van der Waals surface area contributed by atoms with Crippen molar-refractivity contribution in [3.63, 3.8) is 0 Å². The van der Waals surface area contributed by atoms with Gasteiger partial charge in [0.2, 0.25) is 5.91 Å². The van der Waals surface area contributed by atoms with Gasteiger partial charge in [0.25, 0.3) is 0 Å². The third kappa shape index (κ3) is 4.67. The molecule has 18 heavy (non-hydrogen) atoms. The van der Waals surface area contributed by atoms with E-state index in [1.165, 1.54) is 0 Å². The first-order chi connectivity index (χ1) is 8.56. The molecule has 0 radical (unpaired) electrons. The first kappa shape index (κ1) is 15.0. The van der Waals surface area contributed by atoms with E-state index in [-0.39, 0.29) is 11.8 Å². The van der Waals surface area contributed by atoms with Crippen molar-refractivity contribution < 1.29 is 4.79 Å². The number of halogens is 1. The highest BCUT2D eigenvalue weighted by Crippen LogP contribution is 2.14. The summed E-state index contributed by atoms with van der Waals surface area (Å²) in [5.74, 6) is 0.376. The molecular formula is C14H21ClN2O. The fourth-order valence-corrected chi connectivity index (χ4v) is 1.96. The van der Waals surface area contributed by atoms with E-state index in [1.54, 1.807) is 0 Å². The molecule has 4 heteroatoms. The van der Waals surface area contributed by atoms with Crippen molar-refractivity contribution in [1.29, 1.82) is 0 Å². The van der Waals surface area contributed by atoms with Gasteiger partial charge in [-0.25, -0.2) is 0 Å². The van der Waals surface area contributed by atoms with Crippen molar-refractivity contribution in [3.8, 4) is 0 Å². The highest BCUT2D eigenvalue weighted by Gasteiger charge is 2.14. The Morgan fingerprint density at radius 2 is 2.22 bits per heavy atom. The van der Waals surface area contributed by atoms with Crippen molar-refractivity contribution in [1.82, 2.24) is 4.90 Å². The number of hydrogen-bond acceptors (Lipinski definition) is 2. The van der Waals surface area contributed by atoms with Crippen LogP contribution in [0.2, 0.25) is 5.02 Å². The minimum atomic E-state index is 0.149. The Hall–Kier alpha value is -1.06. The number of rotatable bonds is 6. The molecule has 0 aliphatic carbocycles. The molecule has 0 saturated heterocycles. The molecular weight excluding hydrogens is 248 g/mol. The van der Waals surface area contributed by atoms with E-state index >= 15 is 0 Å². The summed E-state index contributed by atoms with van der Waals surface area (Å²) in [6, 6.07) is 7.61. The van der Waals surface area contributed by atoms with Crippen molar-refractivity contribution in [2.24, 2.45) is 11.7 Å². The molecule has 0 spiro atoms. The number of carbonyl (C=O) groups excluding carboxylic acids is 1. The fraction of sp³-hybridized carbons (Fsp3) is 0.500. The van der Waals surface area contributed by atoms with Gasteiger partial charge in [-0.2, -0.15) is 0 Å². The second kappa shape index (κ2) is 7.39. The molecule has 1 amide bonds. The molecule has 1 unspecified atom stereocenters. The molecule has 1 aromatic rings. The third-order valence-corrected chi connectivity index (χ3v) is 3.16. The van der Waals surface area contributed by atoms with E-state index in [0.717, 1.165) is 5.56 Å². The van der Waals surface area contributed by atoms with Crippen LogP contribution in [0.4, 0.5) is 0 Å². The van der Waals surface area contributed by atoms with Crippen molar-refractivity contribution in [3.05, 3.63) is 34.9 Å². The summed E-state index contributed by atoms with van der Waals surface area (Å²) in [4.78, 5) is 13.9. The van der Waals surface area contributed by atoms with Gasteiger partial charge in [-0.3, -0.25) is 4.79 Å². The zero-order chi connectivity index (χ0) is 13.5. The molecule has 1 atom stereocenters. The van der Waals surface area contributed by atoms with Crippen LogP contribution in [0.1, 0.15) is 25.8 Å². The molecule has 0 bridgehead atoms. The summed E-state index contributed by atoms with van der Waals surface area (Å²) in [7, 11) is 0. The van der Waals surface area contributed by atoms with Gasteiger partial charge >= 0.3 is 0 Å². The van der Waals surface area contributed by atoms with Gasteiger partial charge < -0.3 is 10.6 Å². The maximum atomic E-state index is 12.1. The molecule has 0 fully saturated rings. The lowest BCUT2D eigenvalue weighted by Gasteiger charge is -2.22. The molecule has 0 heterocycles. The lowest BCUT2D eigenvalue weighted by atomic mass is 10.1. The van der Waals surface area contributed by atoms with Crippen molar-refractivity contribution >= 4 is 17.5 Å². The normalized spacial score (nSPS) is 12.2. The second-order valence-electron chi connectivity index (χ2n) is 4.58. The summed E-state index contributed by atoms with van der Waals surface area (Å²) < 4.78 is 0. The SMILES string of the molecule is CCN(Cc1cccc(Cl)c1)C(=O)CC(C)CN. The quantitative estimate of drug-likeness (QED) is 0.862. The average molecular weight is 269 g/mol. The lowest BCUT2D eigenvalue weighted by Crippen LogP contribution is -2.32. The number of carbonyl (C=O) groups is 1. The van der Waals surface area contributed by atoms with Crippen LogP contribution in [0.3, 0.4) is 0 Å². The van der Waals surface area contributed by atoms with Gasteiger partial charge in [0.15, 0.2) is 0 Å². The standard InChI is InChI=1S/C14H21ClN2O/c1-3-17(14(18)7-11(2)9-16)10-12-5-4-6-13(15)8-12/h4-6,8,11H,3,7,9-10,16H2,1-2H3. The summed E-state index contributed by atoms with van der Waals surface area (Å²) in [5, 5.41) is 0.700. The van der Waals surface area contributed by atoms with Gasteiger partial charge in [-0.15, -0.1) is 0 Å². The number of nitrogens with zero attached hydrogens (tertiary/aromatic N) is 1. The fourth-order valence-electron chi connectivity index (χ4n) is 1.74. The molecule has 2 N–H and O–H groups in total. The lowest BCUT2D eigenvalue weighted by molar-refractivity contribution is -0.132. The van der Waals surface area contributed by atoms with E-state index in [9.17, 15) is 4.79 Å². The van der Waals surface area contributed by atoms with Crippen molar-refractivity contribution in [2.45, 2.75) is 26.8 Å². The Labute approximate surface area is 114 Å². The van der Waals surface area contributed by atoms with Crippen LogP contribution in [-0.4, -0.2) is 23.9 Å². The number of nitrogens with two attached hydrogens (primary N) is 1. The van der Waals surface area contributed by atoms with E-state index in [1.807, 2.05) is 43.0 Å². The molecule has 3 nitrogen and oxygen atoms in total. The Morgan fingerprint density at radius 1 is 1.50 bits per heavy atom. The first-order valence-corrected chi connectivity index (χ1v) is 6.66. The highest BCUT2D eigenvalue weighted by molar-refractivity contribution is 6.30. The summed E-state index contributed by atoms with van der Waals surface area (Å²) >= 11 is 5.94. The van der Waals surface area contributed by atoms with E-state index in [0.29, 0.717) is 31.1 Å². The Morgan fingerprint density at radius 3 is 2.78 bits per heavy atom. The van der Waals surface area contributed by atoms with Crippen LogP contribution >= 0.6 is 11.6 Å². The molecule has 0 aromatic heterocycles. The van der Waals surface area contributed by atoms with Crippen LogP contribution in [0.5, 0.6) is 0 Å². The second-order valence-corrected chi connectivity index (χ2v) is 5.02. The molecule has 1 aromatic carbocycles. The molecule has 0 saturated carbocycles. The Balaban J connectivity index is 2.64. The van der Waals surface area contributed by atoms with Crippen LogP contribution in [0.15, 0.2) is 24.3 Å². The van der Waals surface area contributed by atoms with E-state index in [2.05, 4.69) is 0 Å². The molecule has 0 aliphatic heterocycles. The van der Waals surface area contributed by atoms with Crippen LogP contribution < -0.4 is 5.73 Å². The smallest absolute Gasteiger partial charge is 0.223 e. The summed E-state index contributed by atoms with van der Waals surface area (Å²) in [6.45, 7) is 5.82. The molecule has 0 aliphatic rings. The van der Waals surface area contributed by atoms with Gasteiger partial charge in [0.1, 0.15) is 0 Å². The zero-order valence-corrected chi connectivity index (χ0v) is 11.8.